The lowest BCUT2D eigenvalue weighted by atomic mass is 9.90. The lowest BCUT2D eigenvalue weighted by Crippen LogP contribution is -2.13. The van der Waals surface area contributed by atoms with E-state index in [2.05, 4.69) is 4.72 Å². The summed E-state index contributed by atoms with van der Waals surface area (Å²) in [6.45, 7) is 0. The third kappa shape index (κ3) is 2.41. The molecule has 0 saturated heterocycles. The normalized spacial score (nSPS) is 15.7. The molecule has 0 heterocycles. The van der Waals surface area contributed by atoms with Crippen molar-refractivity contribution >= 4 is 21.5 Å². The van der Waals surface area contributed by atoms with Gasteiger partial charge < -0.3 is 0 Å². The van der Waals surface area contributed by atoms with Crippen LogP contribution in [0.15, 0.2) is 18.2 Å². The SMILES string of the molecule is CS(=O)(=O)Nc1ccc2c(c1)C(=O)CCC2. The average Bonchev–Trinajstić information content (AvgIpc) is 2.17. The number of rotatable bonds is 2. The van der Waals surface area contributed by atoms with Crippen LogP contribution in [0.4, 0.5) is 5.69 Å². The van der Waals surface area contributed by atoms with E-state index in [9.17, 15) is 13.2 Å². The van der Waals surface area contributed by atoms with Crippen LogP contribution in [-0.4, -0.2) is 20.5 Å². The van der Waals surface area contributed by atoms with Crippen LogP contribution in [0.2, 0.25) is 0 Å². The summed E-state index contributed by atoms with van der Waals surface area (Å²) in [6.07, 6.45) is 3.41. The summed E-state index contributed by atoms with van der Waals surface area (Å²) in [4.78, 5) is 11.6. The summed E-state index contributed by atoms with van der Waals surface area (Å²) in [7, 11) is -3.28. The van der Waals surface area contributed by atoms with E-state index in [1.165, 1.54) is 0 Å². The molecular weight excluding hydrogens is 226 g/mol. The predicted molar refractivity (Wildman–Crippen MR) is 62.2 cm³/mol. The molecule has 0 unspecified atom stereocenters. The van der Waals surface area contributed by atoms with Crippen molar-refractivity contribution < 1.29 is 13.2 Å². The molecule has 86 valence electrons. The van der Waals surface area contributed by atoms with Crippen molar-refractivity contribution in [3.05, 3.63) is 29.3 Å². The summed E-state index contributed by atoms with van der Waals surface area (Å²) in [5.74, 6) is 0.0957. The second-order valence-electron chi connectivity index (χ2n) is 4.02. The van der Waals surface area contributed by atoms with E-state index >= 15 is 0 Å². The molecule has 4 nitrogen and oxygen atoms in total. The van der Waals surface area contributed by atoms with Gasteiger partial charge in [-0.2, -0.15) is 0 Å². The highest BCUT2D eigenvalue weighted by Crippen LogP contribution is 2.24. The molecule has 1 aliphatic carbocycles. The number of hydrogen-bond acceptors (Lipinski definition) is 3. The lowest BCUT2D eigenvalue weighted by Gasteiger charge is -2.15. The summed E-state index contributed by atoms with van der Waals surface area (Å²) in [5, 5.41) is 0. The fourth-order valence-corrected chi connectivity index (χ4v) is 2.46. The van der Waals surface area contributed by atoms with E-state index in [1.807, 2.05) is 6.07 Å². The number of Topliss-reactive ketones (excluding diaryl/α,β-unsaturated/α-hetero) is 1. The molecule has 1 aliphatic rings. The van der Waals surface area contributed by atoms with Crippen LogP contribution >= 0.6 is 0 Å². The van der Waals surface area contributed by atoms with Gasteiger partial charge in [0.1, 0.15) is 0 Å². The number of benzene rings is 1. The number of fused-ring (bicyclic) bond motifs is 1. The first-order chi connectivity index (χ1) is 7.46. The predicted octanol–water partition coefficient (Wildman–Crippen LogP) is 1.58. The van der Waals surface area contributed by atoms with Gasteiger partial charge in [-0.15, -0.1) is 0 Å². The number of hydrogen-bond donors (Lipinski definition) is 1. The van der Waals surface area contributed by atoms with Gasteiger partial charge in [-0.3, -0.25) is 9.52 Å². The molecule has 1 aromatic carbocycles. The van der Waals surface area contributed by atoms with Crippen LogP contribution in [-0.2, 0) is 16.4 Å². The third-order valence-corrected chi connectivity index (χ3v) is 3.17. The quantitative estimate of drug-likeness (QED) is 0.852. The number of aryl methyl sites for hydroxylation is 1. The molecule has 0 aromatic heterocycles. The third-order valence-electron chi connectivity index (χ3n) is 2.56. The molecule has 0 fully saturated rings. The zero-order valence-corrected chi connectivity index (χ0v) is 9.80. The number of sulfonamides is 1. The summed E-state index contributed by atoms with van der Waals surface area (Å²) < 4.78 is 24.5. The Balaban J connectivity index is 2.38. The monoisotopic (exact) mass is 239 g/mol. The minimum absolute atomic E-state index is 0.0957. The number of nitrogens with one attached hydrogen (secondary N) is 1. The molecule has 0 radical (unpaired) electrons. The lowest BCUT2D eigenvalue weighted by molar-refractivity contribution is 0.0972. The van der Waals surface area contributed by atoms with Gasteiger partial charge in [0.15, 0.2) is 5.78 Å². The molecular formula is C11H13NO3S. The number of anilines is 1. The van der Waals surface area contributed by atoms with Gasteiger partial charge in [-0.25, -0.2) is 8.42 Å². The van der Waals surface area contributed by atoms with Crippen molar-refractivity contribution in [2.24, 2.45) is 0 Å². The smallest absolute Gasteiger partial charge is 0.229 e. The van der Waals surface area contributed by atoms with Crippen LogP contribution in [0.25, 0.3) is 0 Å². The molecule has 0 aliphatic heterocycles. The van der Waals surface area contributed by atoms with E-state index in [-0.39, 0.29) is 5.78 Å². The summed E-state index contributed by atoms with van der Waals surface area (Å²) in [5.41, 5.74) is 2.12. The topological polar surface area (TPSA) is 63.2 Å². The zero-order chi connectivity index (χ0) is 11.8. The maximum atomic E-state index is 11.6. The Morgan fingerprint density at radius 1 is 1.25 bits per heavy atom. The van der Waals surface area contributed by atoms with Crippen molar-refractivity contribution in [3.8, 4) is 0 Å². The van der Waals surface area contributed by atoms with Gasteiger partial charge >= 0.3 is 0 Å². The minimum Gasteiger partial charge on any atom is -0.294 e. The van der Waals surface area contributed by atoms with Crippen molar-refractivity contribution in [1.82, 2.24) is 0 Å². The molecule has 1 N–H and O–H groups in total. The Hall–Kier alpha value is -1.36. The van der Waals surface area contributed by atoms with E-state index in [0.717, 1.165) is 24.7 Å². The molecule has 2 rings (SSSR count). The number of carbonyl (C=O) groups is 1. The van der Waals surface area contributed by atoms with Gasteiger partial charge in [0, 0.05) is 17.7 Å². The van der Waals surface area contributed by atoms with Crippen molar-refractivity contribution in [2.75, 3.05) is 11.0 Å². The van der Waals surface area contributed by atoms with Crippen LogP contribution in [0.1, 0.15) is 28.8 Å². The highest BCUT2D eigenvalue weighted by molar-refractivity contribution is 7.92. The first-order valence-electron chi connectivity index (χ1n) is 5.09. The molecule has 16 heavy (non-hydrogen) atoms. The highest BCUT2D eigenvalue weighted by Gasteiger charge is 2.17. The van der Waals surface area contributed by atoms with Gasteiger partial charge in [-0.05, 0) is 30.5 Å². The minimum atomic E-state index is -3.28. The van der Waals surface area contributed by atoms with Gasteiger partial charge in [-0.1, -0.05) is 6.07 Å². The van der Waals surface area contributed by atoms with Gasteiger partial charge in [0.25, 0.3) is 0 Å². The fourth-order valence-electron chi connectivity index (χ4n) is 1.91. The molecule has 0 atom stereocenters. The molecule has 0 saturated carbocycles. The molecule has 5 heteroatoms. The first kappa shape index (κ1) is 11.1. The molecule has 0 bridgehead atoms. The summed E-state index contributed by atoms with van der Waals surface area (Å²) >= 11 is 0. The van der Waals surface area contributed by atoms with E-state index in [1.54, 1.807) is 12.1 Å². The maximum absolute atomic E-state index is 11.6. The largest absolute Gasteiger partial charge is 0.294 e. The summed E-state index contributed by atoms with van der Waals surface area (Å²) in [6, 6.07) is 5.14. The Bertz CT molecular complexity index is 534. The molecule has 0 spiro atoms. The second-order valence-corrected chi connectivity index (χ2v) is 5.77. The first-order valence-corrected chi connectivity index (χ1v) is 6.99. The van der Waals surface area contributed by atoms with Crippen LogP contribution in [0, 0.1) is 0 Å². The Kier molecular flexibility index (Phi) is 2.71. The Morgan fingerprint density at radius 2 is 2.00 bits per heavy atom. The fraction of sp³-hybridized carbons (Fsp3) is 0.364. The van der Waals surface area contributed by atoms with Crippen LogP contribution < -0.4 is 4.72 Å². The van der Waals surface area contributed by atoms with E-state index < -0.39 is 10.0 Å². The van der Waals surface area contributed by atoms with Crippen LogP contribution in [0.5, 0.6) is 0 Å². The maximum Gasteiger partial charge on any atom is 0.229 e. The van der Waals surface area contributed by atoms with E-state index in [0.29, 0.717) is 17.7 Å². The average molecular weight is 239 g/mol. The van der Waals surface area contributed by atoms with Crippen LogP contribution in [0.3, 0.4) is 0 Å². The standard InChI is InChI=1S/C11H13NO3S/c1-16(14,15)12-9-6-5-8-3-2-4-11(13)10(8)7-9/h5-7,12H,2-4H2,1H3. The van der Waals surface area contributed by atoms with Crippen molar-refractivity contribution in [1.29, 1.82) is 0 Å². The van der Waals surface area contributed by atoms with Gasteiger partial charge in [0.2, 0.25) is 10.0 Å². The van der Waals surface area contributed by atoms with Gasteiger partial charge in [0.05, 0.1) is 6.26 Å². The molecule has 1 aromatic rings. The van der Waals surface area contributed by atoms with E-state index in [4.69, 9.17) is 0 Å². The number of carbonyl (C=O) groups excluding carboxylic acids is 1. The van der Waals surface area contributed by atoms with Crippen molar-refractivity contribution in [3.63, 3.8) is 0 Å². The molecule has 0 amide bonds. The zero-order valence-electron chi connectivity index (χ0n) is 8.99. The second kappa shape index (κ2) is 3.90. The highest BCUT2D eigenvalue weighted by atomic mass is 32.2. The van der Waals surface area contributed by atoms with Crippen molar-refractivity contribution in [2.45, 2.75) is 19.3 Å². The Morgan fingerprint density at radius 3 is 2.69 bits per heavy atom. The number of ketones is 1. The Labute approximate surface area is 94.7 Å².